The normalized spacial score (nSPS) is 18.3. The maximum atomic E-state index is 5.96. The molecule has 0 spiro atoms. The minimum absolute atomic E-state index is 0.222. The third-order valence-corrected chi connectivity index (χ3v) is 4.34. The van der Waals surface area contributed by atoms with Crippen LogP contribution in [0, 0.1) is 0 Å². The zero-order chi connectivity index (χ0) is 15.5. The first-order valence-electron chi connectivity index (χ1n) is 8.07. The molecule has 23 heavy (non-hydrogen) atoms. The number of rotatable bonds is 4. The van der Waals surface area contributed by atoms with E-state index in [1.54, 1.807) is 0 Å². The minimum atomic E-state index is 0.222. The van der Waals surface area contributed by atoms with Crippen molar-refractivity contribution in [2.75, 3.05) is 6.54 Å². The molecule has 0 aliphatic carbocycles. The van der Waals surface area contributed by atoms with Crippen LogP contribution in [0.15, 0.2) is 65.1 Å². The summed E-state index contributed by atoms with van der Waals surface area (Å²) in [4.78, 5) is 2.43. The van der Waals surface area contributed by atoms with Crippen LogP contribution in [0.25, 0.3) is 11.5 Å². The molecular formula is C19H19N3O. The van der Waals surface area contributed by atoms with Crippen LogP contribution in [0.3, 0.4) is 0 Å². The van der Waals surface area contributed by atoms with E-state index in [2.05, 4.69) is 45.4 Å². The summed E-state index contributed by atoms with van der Waals surface area (Å²) >= 11 is 0. The number of likely N-dealkylation sites (tertiary alicyclic amines) is 1. The summed E-state index contributed by atoms with van der Waals surface area (Å²) in [5, 5.41) is 8.54. The van der Waals surface area contributed by atoms with Gasteiger partial charge < -0.3 is 4.42 Å². The van der Waals surface area contributed by atoms with Crippen molar-refractivity contribution in [1.82, 2.24) is 15.1 Å². The van der Waals surface area contributed by atoms with Gasteiger partial charge in [-0.3, -0.25) is 4.90 Å². The van der Waals surface area contributed by atoms with Crippen LogP contribution in [0.4, 0.5) is 0 Å². The molecule has 1 saturated heterocycles. The van der Waals surface area contributed by atoms with Crippen LogP contribution in [-0.2, 0) is 6.54 Å². The molecule has 1 aliphatic heterocycles. The molecule has 3 aromatic rings. The Morgan fingerprint density at radius 3 is 2.48 bits per heavy atom. The largest absolute Gasteiger partial charge is 0.419 e. The molecule has 0 bridgehead atoms. The zero-order valence-electron chi connectivity index (χ0n) is 12.9. The lowest BCUT2D eigenvalue weighted by Gasteiger charge is -2.21. The lowest BCUT2D eigenvalue weighted by molar-refractivity contribution is 0.215. The van der Waals surface area contributed by atoms with E-state index in [0.29, 0.717) is 5.89 Å². The SMILES string of the molecule is c1ccc(CN2CCCC2c2nnc(-c3ccccc3)o2)cc1. The third kappa shape index (κ3) is 3.03. The molecule has 2 heterocycles. The van der Waals surface area contributed by atoms with E-state index in [9.17, 15) is 0 Å². The van der Waals surface area contributed by atoms with E-state index >= 15 is 0 Å². The molecule has 0 amide bonds. The monoisotopic (exact) mass is 305 g/mol. The second-order valence-electron chi connectivity index (χ2n) is 5.93. The molecular weight excluding hydrogens is 286 g/mol. The highest BCUT2D eigenvalue weighted by Crippen LogP contribution is 2.33. The number of hydrogen-bond acceptors (Lipinski definition) is 4. The summed E-state index contributed by atoms with van der Waals surface area (Å²) in [6, 6.07) is 20.7. The lowest BCUT2D eigenvalue weighted by Crippen LogP contribution is -2.22. The highest BCUT2D eigenvalue weighted by molar-refractivity contribution is 5.51. The van der Waals surface area contributed by atoms with Crippen molar-refractivity contribution < 1.29 is 4.42 Å². The van der Waals surface area contributed by atoms with Crippen molar-refractivity contribution in [2.24, 2.45) is 0 Å². The predicted molar refractivity (Wildman–Crippen MR) is 88.6 cm³/mol. The van der Waals surface area contributed by atoms with Crippen LogP contribution in [0.1, 0.15) is 30.3 Å². The summed E-state index contributed by atoms with van der Waals surface area (Å²) in [6.45, 7) is 2.00. The average molecular weight is 305 g/mol. The van der Waals surface area contributed by atoms with Crippen molar-refractivity contribution in [3.05, 3.63) is 72.1 Å². The topological polar surface area (TPSA) is 42.2 Å². The van der Waals surface area contributed by atoms with Gasteiger partial charge in [0.25, 0.3) is 0 Å². The van der Waals surface area contributed by atoms with Crippen LogP contribution in [-0.4, -0.2) is 21.6 Å². The van der Waals surface area contributed by atoms with Crippen LogP contribution >= 0.6 is 0 Å². The maximum absolute atomic E-state index is 5.96. The highest BCUT2D eigenvalue weighted by atomic mass is 16.4. The Labute approximate surface area is 135 Å². The van der Waals surface area contributed by atoms with Crippen LogP contribution < -0.4 is 0 Å². The molecule has 4 rings (SSSR count). The molecule has 116 valence electrons. The number of aromatic nitrogens is 2. The van der Waals surface area contributed by atoms with Gasteiger partial charge in [0, 0.05) is 12.1 Å². The Morgan fingerprint density at radius 1 is 0.957 bits per heavy atom. The molecule has 1 atom stereocenters. The van der Waals surface area contributed by atoms with Gasteiger partial charge in [-0.1, -0.05) is 48.5 Å². The van der Waals surface area contributed by atoms with Gasteiger partial charge >= 0.3 is 0 Å². The van der Waals surface area contributed by atoms with Crippen LogP contribution in [0.2, 0.25) is 0 Å². The van der Waals surface area contributed by atoms with Gasteiger partial charge in [0.1, 0.15) is 0 Å². The highest BCUT2D eigenvalue weighted by Gasteiger charge is 2.30. The fraction of sp³-hybridized carbons (Fsp3) is 0.263. The van der Waals surface area contributed by atoms with Gasteiger partial charge in [-0.05, 0) is 37.1 Å². The molecule has 1 fully saturated rings. The first-order valence-corrected chi connectivity index (χ1v) is 8.07. The lowest BCUT2D eigenvalue weighted by atomic mass is 10.2. The molecule has 4 heteroatoms. The van der Waals surface area contributed by atoms with E-state index in [-0.39, 0.29) is 6.04 Å². The Balaban J connectivity index is 1.54. The van der Waals surface area contributed by atoms with Crippen molar-refractivity contribution in [2.45, 2.75) is 25.4 Å². The Kier molecular flexibility index (Phi) is 3.90. The van der Waals surface area contributed by atoms with Gasteiger partial charge in [0.2, 0.25) is 11.8 Å². The van der Waals surface area contributed by atoms with Crippen molar-refractivity contribution in [1.29, 1.82) is 0 Å². The minimum Gasteiger partial charge on any atom is -0.419 e. The average Bonchev–Trinajstić information content (AvgIpc) is 3.25. The summed E-state index contributed by atoms with van der Waals surface area (Å²) in [6.07, 6.45) is 2.24. The summed E-state index contributed by atoms with van der Waals surface area (Å²) in [5.41, 5.74) is 2.29. The van der Waals surface area contributed by atoms with E-state index in [4.69, 9.17) is 4.42 Å². The summed E-state index contributed by atoms with van der Waals surface area (Å²) < 4.78 is 5.96. The first-order chi connectivity index (χ1) is 11.4. The second kappa shape index (κ2) is 6.34. The Bertz CT molecular complexity index is 755. The number of benzene rings is 2. The molecule has 0 saturated carbocycles. The number of nitrogens with zero attached hydrogens (tertiary/aromatic N) is 3. The quantitative estimate of drug-likeness (QED) is 0.728. The predicted octanol–water partition coefficient (Wildman–Crippen LogP) is 4.07. The Morgan fingerprint density at radius 2 is 1.70 bits per heavy atom. The van der Waals surface area contributed by atoms with Gasteiger partial charge in [-0.25, -0.2) is 0 Å². The van der Waals surface area contributed by atoms with Crippen molar-refractivity contribution in [3.63, 3.8) is 0 Å². The van der Waals surface area contributed by atoms with Crippen molar-refractivity contribution in [3.8, 4) is 11.5 Å². The first kappa shape index (κ1) is 14.2. The molecule has 2 aromatic carbocycles. The second-order valence-corrected chi connectivity index (χ2v) is 5.93. The van der Waals surface area contributed by atoms with E-state index in [1.165, 1.54) is 12.0 Å². The van der Waals surface area contributed by atoms with Gasteiger partial charge in [0.05, 0.1) is 6.04 Å². The molecule has 4 nitrogen and oxygen atoms in total. The molecule has 0 N–H and O–H groups in total. The van der Waals surface area contributed by atoms with Crippen LogP contribution in [0.5, 0.6) is 0 Å². The molecule has 1 aliphatic rings. The fourth-order valence-corrected chi connectivity index (χ4v) is 3.18. The van der Waals surface area contributed by atoms with E-state index in [1.807, 2.05) is 30.3 Å². The van der Waals surface area contributed by atoms with Gasteiger partial charge in [0.15, 0.2) is 0 Å². The van der Waals surface area contributed by atoms with E-state index < -0.39 is 0 Å². The molecule has 1 aromatic heterocycles. The van der Waals surface area contributed by atoms with Crippen molar-refractivity contribution >= 4 is 0 Å². The molecule has 0 radical (unpaired) electrons. The fourth-order valence-electron chi connectivity index (χ4n) is 3.18. The zero-order valence-corrected chi connectivity index (χ0v) is 12.9. The van der Waals surface area contributed by atoms with Gasteiger partial charge in [-0.15, -0.1) is 10.2 Å². The smallest absolute Gasteiger partial charge is 0.247 e. The van der Waals surface area contributed by atoms with Gasteiger partial charge in [-0.2, -0.15) is 0 Å². The maximum Gasteiger partial charge on any atom is 0.247 e. The summed E-state index contributed by atoms with van der Waals surface area (Å²) in [5.74, 6) is 1.34. The third-order valence-electron chi connectivity index (χ3n) is 4.34. The number of hydrogen-bond donors (Lipinski definition) is 0. The molecule has 1 unspecified atom stereocenters. The Hall–Kier alpha value is -2.46. The summed E-state index contributed by atoms with van der Waals surface area (Å²) in [7, 11) is 0. The van der Waals surface area contributed by atoms with E-state index in [0.717, 1.165) is 31.0 Å². The standard InChI is InChI=1S/C19H19N3O/c1-3-8-15(9-4-1)14-22-13-7-12-17(22)19-21-20-18(23-19)16-10-5-2-6-11-16/h1-6,8-11,17H,7,12-14H2.